The van der Waals surface area contributed by atoms with Crippen LogP contribution in [0.3, 0.4) is 0 Å². The van der Waals surface area contributed by atoms with E-state index in [4.69, 9.17) is 4.55 Å². The number of rotatable bonds is 4. The van der Waals surface area contributed by atoms with Crippen LogP contribution in [0.1, 0.15) is 6.92 Å². The van der Waals surface area contributed by atoms with Crippen LogP contribution in [0.5, 0.6) is 0 Å². The van der Waals surface area contributed by atoms with Gasteiger partial charge in [0, 0.05) is 5.69 Å². The number of benzene rings is 1. The average Bonchev–Trinajstić information content (AvgIpc) is 2.16. The first-order valence-electron chi connectivity index (χ1n) is 4.32. The first-order valence-corrected chi connectivity index (χ1v) is 7.42. The van der Waals surface area contributed by atoms with Gasteiger partial charge >= 0.3 is 0 Å². The number of hydrogen-bond acceptors (Lipinski definition) is 4. The third-order valence-corrected chi connectivity index (χ3v) is 3.94. The number of hydrogen-bond donors (Lipinski definition) is 2. The van der Waals surface area contributed by atoms with Crippen LogP contribution in [0.15, 0.2) is 29.2 Å². The van der Waals surface area contributed by atoms with Crippen LogP contribution in [-0.4, -0.2) is 27.1 Å². The minimum atomic E-state index is -4.32. The van der Waals surface area contributed by atoms with E-state index in [-0.39, 0.29) is 16.3 Å². The summed E-state index contributed by atoms with van der Waals surface area (Å²) in [5.74, 6) is -0.122. The number of nitrogens with one attached hydrogen (secondary N) is 1. The molecule has 0 aliphatic carbocycles. The van der Waals surface area contributed by atoms with E-state index in [1.54, 1.807) is 0 Å². The highest BCUT2D eigenvalue weighted by Crippen LogP contribution is 2.16. The smallest absolute Gasteiger partial charge is 0.284 e. The Labute approximate surface area is 94.1 Å². The van der Waals surface area contributed by atoms with Gasteiger partial charge in [0.15, 0.2) is 0 Å². The molecule has 0 heterocycles. The van der Waals surface area contributed by atoms with Crippen LogP contribution in [0.4, 0.5) is 5.69 Å². The van der Waals surface area contributed by atoms with E-state index < -0.39 is 20.1 Å². The lowest BCUT2D eigenvalue weighted by Crippen LogP contribution is -2.14. The fraction of sp³-hybridized carbons (Fsp3) is 0.250. The third kappa shape index (κ3) is 3.47. The van der Waals surface area contributed by atoms with Crippen LogP contribution in [0.2, 0.25) is 0 Å². The summed E-state index contributed by atoms with van der Waals surface area (Å²) < 4.78 is 55.0. The van der Waals surface area contributed by atoms with Gasteiger partial charge in [0.2, 0.25) is 10.0 Å². The molecular weight excluding hydrogens is 254 g/mol. The summed E-state index contributed by atoms with van der Waals surface area (Å²) in [5, 5.41) is 0. The molecule has 6 nitrogen and oxygen atoms in total. The Morgan fingerprint density at radius 2 is 1.88 bits per heavy atom. The van der Waals surface area contributed by atoms with Crippen molar-refractivity contribution in [1.82, 2.24) is 0 Å². The van der Waals surface area contributed by atoms with Crippen molar-refractivity contribution < 1.29 is 21.4 Å². The van der Waals surface area contributed by atoms with E-state index in [0.717, 1.165) is 6.07 Å². The molecule has 0 saturated carbocycles. The summed E-state index contributed by atoms with van der Waals surface area (Å²) in [5.41, 5.74) is 0.0944. The molecule has 0 aliphatic rings. The molecule has 0 atom stereocenters. The Morgan fingerprint density at radius 3 is 2.38 bits per heavy atom. The summed E-state index contributed by atoms with van der Waals surface area (Å²) in [6.07, 6.45) is 0. The lowest BCUT2D eigenvalue weighted by atomic mass is 10.3. The second kappa shape index (κ2) is 4.40. The van der Waals surface area contributed by atoms with Crippen LogP contribution in [0.25, 0.3) is 0 Å². The highest BCUT2D eigenvalue weighted by Gasteiger charge is 2.12. The standard InChI is InChI=1S/C8H11NO5S2/c1-2-15(10,11)9-7-4-3-5-8(6-7)16(12,13)14/h3-6,9H,2H2,1H3,(H,12,13,14). The van der Waals surface area contributed by atoms with E-state index in [9.17, 15) is 16.8 Å². The van der Waals surface area contributed by atoms with Gasteiger partial charge < -0.3 is 0 Å². The van der Waals surface area contributed by atoms with Crippen molar-refractivity contribution in [2.75, 3.05) is 10.5 Å². The third-order valence-electron chi connectivity index (χ3n) is 1.79. The van der Waals surface area contributed by atoms with Crippen LogP contribution in [0, 0.1) is 0 Å². The quantitative estimate of drug-likeness (QED) is 0.780. The molecule has 2 N–H and O–H groups in total. The fourth-order valence-corrected chi connectivity index (χ4v) is 2.13. The molecule has 1 rings (SSSR count). The molecule has 0 unspecified atom stereocenters. The van der Waals surface area contributed by atoms with Gasteiger partial charge in [-0.05, 0) is 25.1 Å². The summed E-state index contributed by atoms with van der Waals surface area (Å²) in [4.78, 5) is -0.358. The van der Waals surface area contributed by atoms with Gasteiger partial charge in [0.05, 0.1) is 10.6 Å². The molecule has 1 aromatic rings. The molecule has 0 radical (unpaired) electrons. The van der Waals surface area contributed by atoms with Gasteiger partial charge in [-0.3, -0.25) is 9.27 Å². The summed E-state index contributed by atoms with van der Waals surface area (Å²) in [6, 6.07) is 4.93. The largest absolute Gasteiger partial charge is 0.294 e. The SMILES string of the molecule is CCS(=O)(=O)Nc1cccc(S(=O)(=O)O)c1. The van der Waals surface area contributed by atoms with Gasteiger partial charge in [0.25, 0.3) is 10.1 Å². The molecule has 0 aromatic heterocycles. The Morgan fingerprint density at radius 1 is 1.25 bits per heavy atom. The average molecular weight is 265 g/mol. The minimum Gasteiger partial charge on any atom is -0.284 e. The normalized spacial score (nSPS) is 12.4. The van der Waals surface area contributed by atoms with Crippen molar-refractivity contribution in [2.24, 2.45) is 0 Å². The molecule has 0 saturated heterocycles. The van der Waals surface area contributed by atoms with Crippen LogP contribution < -0.4 is 4.72 Å². The maximum Gasteiger partial charge on any atom is 0.294 e. The first kappa shape index (κ1) is 12.9. The zero-order valence-electron chi connectivity index (χ0n) is 8.41. The summed E-state index contributed by atoms with van der Waals surface area (Å²) in [7, 11) is -7.78. The predicted molar refractivity (Wildman–Crippen MR) is 59.3 cm³/mol. The highest BCUT2D eigenvalue weighted by atomic mass is 32.2. The molecular formula is C8H11NO5S2. The molecule has 8 heteroatoms. The van der Waals surface area contributed by atoms with Crippen LogP contribution in [-0.2, 0) is 20.1 Å². The zero-order valence-corrected chi connectivity index (χ0v) is 10.0. The minimum absolute atomic E-state index is 0.0944. The molecule has 0 fully saturated rings. The topological polar surface area (TPSA) is 101 Å². The predicted octanol–water partition coefficient (Wildman–Crippen LogP) is 0.695. The summed E-state index contributed by atoms with van der Waals surface area (Å²) >= 11 is 0. The Kier molecular flexibility index (Phi) is 3.56. The van der Waals surface area contributed by atoms with Crippen molar-refractivity contribution in [3.05, 3.63) is 24.3 Å². The van der Waals surface area contributed by atoms with E-state index in [0.29, 0.717) is 0 Å². The van der Waals surface area contributed by atoms with Gasteiger partial charge in [-0.25, -0.2) is 8.42 Å². The summed E-state index contributed by atoms with van der Waals surface area (Å²) in [6.45, 7) is 1.45. The van der Waals surface area contributed by atoms with Gasteiger partial charge in [-0.2, -0.15) is 8.42 Å². The van der Waals surface area contributed by atoms with Gasteiger partial charge in [-0.15, -0.1) is 0 Å². The second-order valence-electron chi connectivity index (χ2n) is 3.01. The monoisotopic (exact) mass is 265 g/mol. The number of sulfonamides is 1. The molecule has 1 aromatic carbocycles. The van der Waals surface area contributed by atoms with Crippen molar-refractivity contribution in [1.29, 1.82) is 0 Å². The van der Waals surface area contributed by atoms with Gasteiger partial charge in [-0.1, -0.05) is 6.07 Å². The Bertz CT molecular complexity index is 576. The van der Waals surface area contributed by atoms with E-state index >= 15 is 0 Å². The number of anilines is 1. The lowest BCUT2D eigenvalue weighted by Gasteiger charge is -2.06. The van der Waals surface area contributed by atoms with E-state index in [1.165, 1.54) is 25.1 Å². The first-order chi connectivity index (χ1) is 7.24. The molecule has 0 aliphatic heterocycles. The highest BCUT2D eigenvalue weighted by molar-refractivity contribution is 7.92. The lowest BCUT2D eigenvalue weighted by molar-refractivity contribution is 0.483. The maximum atomic E-state index is 11.2. The molecule has 90 valence electrons. The molecule has 0 bridgehead atoms. The maximum absolute atomic E-state index is 11.2. The van der Waals surface area contributed by atoms with Crippen molar-refractivity contribution >= 4 is 25.8 Å². The van der Waals surface area contributed by atoms with Crippen molar-refractivity contribution in [3.8, 4) is 0 Å². The Balaban J connectivity index is 3.11. The molecule has 0 amide bonds. The van der Waals surface area contributed by atoms with Gasteiger partial charge in [0.1, 0.15) is 0 Å². The Hall–Kier alpha value is -1.12. The van der Waals surface area contributed by atoms with Crippen molar-refractivity contribution in [2.45, 2.75) is 11.8 Å². The van der Waals surface area contributed by atoms with Crippen molar-refractivity contribution in [3.63, 3.8) is 0 Å². The molecule has 0 spiro atoms. The second-order valence-corrected chi connectivity index (χ2v) is 6.44. The van der Waals surface area contributed by atoms with E-state index in [1.807, 2.05) is 0 Å². The molecule has 16 heavy (non-hydrogen) atoms. The zero-order chi connectivity index (χ0) is 12.4. The van der Waals surface area contributed by atoms with E-state index in [2.05, 4.69) is 4.72 Å². The fourth-order valence-electron chi connectivity index (χ4n) is 0.972. The van der Waals surface area contributed by atoms with Crippen LogP contribution >= 0.6 is 0 Å².